The Hall–Kier alpha value is -3.85. The lowest BCUT2D eigenvalue weighted by Gasteiger charge is -2.19. The molecule has 3 aromatic rings. The summed E-state index contributed by atoms with van der Waals surface area (Å²) in [6, 6.07) is 11.5. The zero-order valence-electron chi connectivity index (χ0n) is 16.8. The van der Waals surface area contributed by atoms with E-state index in [4.69, 9.17) is 16.7 Å². The minimum absolute atomic E-state index is 0.141. The number of nitrogens with one attached hydrogen (secondary N) is 2. The predicted molar refractivity (Wildman–Crippen MR) is 119 cm³/mol. The molecule has 0 saturated heterocycles. The Morgan fingerprint density at radius 2 is 1.84 bits per heavy atom. The number of amides is 2. The average Bonchev–Trinajstić information content (AvgIpc) is 3.24. The average molecular weight is 442 g/mol. The molecule has 0 aliphatic heterocycles. The van der Waals surface area contributed by atoms with Crippen molar-refractivity contribution in [2.45, 2.75) is 6.42 Å². The summed E-state index contributed by atoms with van der Waals surface area (Å²) in [4.78, 5) is 37.9. The molecule has 1 aromatic heterocycles. The fourth-order valence-electron chi connectivity index (χ4n) is 2.91. The van der Waals surface area contributed by atoms with E-state index in [-0.39, 0.29) is 11.4 Å². The summed E-state index contributed by atoms with van der Waals surface area (Å²) in [6.07, 6.45) is 1.64. The maximum absolute atomic E-state index is 12.6. The van der Waals surface area contributed by atoms with Gasteiger partial charge in [-0.15, -0.1) is 0 Å². The number of carbonyl (C=O) groups excluding carboxylic acids is 2. The van der Waals surface area contributed by atoms with Gasteiger partial charge in [0.1, 0.15) is 0 Å². The van der Waals surface area contributed by atoms with E-state index < -0.39 is 24.2 Å². The van der Waals surface area contributed by atoms with Crippen molar-refractivity contribution in [1.29, 1.82) is 0 Å². The standard InChI is InChI=1S/C21H20ClN5O4/c1-26(2)18-11-17(25-21(30)31)16(10-15(18)22)24-20(29)12-19(28)13-5-3-6-14(9-13)27-8-4-7-23-27/h3-11,25H,12H2,1-2H3,(H,24,29)(H,30,31). The van der Waals surface area contributed by atoms with Crippen molar-refractivity contribution in [2.24, 2.45) is 0 Å². The molecule has 31 heavy (non-hydrogen) atoms. The second-order valence-electron chi connectivity index (χ2n) is 6.82. The number of aromatic nitrogens is 2. The SMILES string of the molecule is CN(C)c1cc(NC(=O)O)c(NC(=O)CC(=O)c2cccc(-n3cccn3)c2)cc1Cl. The fourth-order valence-corrected chi connectivity index (χ4v) is 3.24. The number of benzene rings is 2. The highest BCUT2D eigenvalue weighted by Gasteiger charge is 2.17. The molecule has 1 heterocycles. The van der Waals surface area contributed by atoms with Gasteiger partial charge in [-0.3, -0.25) is 14.9 Å². The van der Waals surface area contributed by atoms with Gasteiger partial charge in [-0.2, -0.15) is 5.10 Å². The summed E-state index contributed by atoms with van der Waals surface area (Å²) in [5.41, 5.74) is 1.90. The van der Waals surface area contributed by atoms with E-state index in [1.165, 1.54) is 12.1 Å². The van der Waals surface area contributed by atoms with E-state index >= 15 is 0 Å². The van der Waals surface area contributed by atoms with Crippen LogP contribution >= 0.6 is 11.6 Å². The number of rotatable bonds is 7. The molecule has 2 amide bonds. The number of nitrogens with zero attached hydrogens (tertiary/aromatic N) is 3. The van der Waals surface area contributed by atoms with Crippen molar-refractivity contribution in [1.82, 2.24) is 9.78 Å². The van der Waals surface area contributed by atoms with Gasteiger partial charge in [-0.25, -0.2) is 9.48 Å². The van der Waals surface area contributed by atoms with Gasteiger partial charge in [0.2, 0.25) is 5.91 Å². The van der Waals surface area contributed by atoms with Crippen molar-refractivity contribution in [3.05, 3.63) is 65.4 Å². The van der Waals surface area contributed by atoms with Crippen LogP contribution in [0.25, 0.3) is 5.69 Å². The van der Waals surface area contributed by atoms with Crippen molar-refractivity contribution >= 4 is 46.4 Å². The third-order valence-electron chi connectivity index (χ3n) is 4.34. The van der Waals surface area contributed by atoms with Gasteiger partial charge in [0.15, 0.2) is 5.78 Å². The normalized spacial score (nSPS) is 10.4. The molecule has 0 bridgehead atoms. The Labute approximate surface area is 183 Å². The van der Waals surface area contributed by atoms with Crippen molar-refractivity contribution in [2.75, 3.05) is 29.6 Å². The summed E-state index contributed by atoms with van der Waals surface area (Å²) < 4.78 is 1.61. The second kappa shape index (κ2) is 9.31. The van der Waals surface area contributed by atoms with Crippen LogP contribution in [0.3, 0.4) is 0 Å². The molecule has 0 unspecified atom stereocenters. The number of anilines is 3. The fraction of sp³-hybridized carbons (Fsp3) is 0.143. The van der Waals surface area contributed by atoms with Crippen molar-refractivity contribution in [3.63, 3.8) is 0 Å². The first-order valence-electron chi connectivity index (χ1n) is 9.18. The molecule has 0 aliphatic carbocycles. The van der Waals surface area contributed by atoms with Gasteiger partial charge in [0.05, 0.1) is 34.2 Å². The van der Waals surface area contributed by atoms with E-state index in [1.807, 2.05) is 0 Å². The Bertz CT molecular complexity index is 1130. The molecule has 0 saturated carbocycles. The molecule has 0 aliphatic rings. The second-order valence-corrected chi connectivity index (χ2v) is 7.23. The number of carbonyl (C=O) groups is 3. The van der Waals surface area contributed by atoms with Crippen LogP contribution < -0.4 is 15.5 Å². The smallest absolute Gasteiger partial charge is 0.409 e. The summed E-state index contributed by atoms with van der Waals surface area (Å²) in [5.74, 6) is -0.994. The lowest BCUT2D eigenvalue weighted by molar-refractivity contribution is -0.115. The zero-order valence-corrected chi connectivity index (χ0v) is 17.6. The third kappa shape index (κ3) is 5.40. The number of hydrogen-bond donors (Lipinski definition) is 3. The minimum atomic E-state index is -1.30. The van der Waals surface area contributed by atoms with Gasteiger partial charge < -0.3 is 15.3 Å². The van der Waals surface area contributed by atoms with Crippen LogP contribution in [0.15, 0.2) is 54.9 Å². The van der Waals surface area contributed by atoms with Gasteiger partial charge in [0, 0.05) is 32.1 Å². The van der Waals surface area contributed by atoms with Crippen molar-refractivity contribution < 1.29 is 19.5 Å². The van der Waals surface area contributed by atoms with Crippen LogP contribution in [0.5, 0.6) is 0 Å². The molecule has 3 N–H and O–H groups in total. The largest absolute Gasteiger partial charge is 0.465 e. The number of Topliss-reactive ketones (excluding diaryl/α,β-unsaturated/α-hetero) is 1. The molecule has 9 nitrogen and oxygen atoms in total. The Morgan fingerprint density at radius 3 is 2.48 bits per heavy atom. The number of carboxylic acid groups (broad SMARTS) is 1. The van der Waals surface area contributed by atoms with Crippen molar-refractivity contribution in [3.8, 4) is 5.69 Å². The molecule has 160 valence electrons. The first-order chi connectivity index (χ1) is 14.7. The lowest BCUT2D eigenvalue weighted by atomic mass is 10.1. The molecule has 0 radical (unpaired) electrons. The van der Waals surface area contributed by atoms with Crippen LogP contribution in [0.1, 0.15) is 16.8 Å². The Morgan fingerprint density at radius 1 is 1.10 bits per heavy atom. The molecule has 10 heteroatoms. The maximum atomic E-state index is 12.6. The van der Waals surface area contributed by atoms with Crippen LogP contribution in [-0.4, -0.2) is 46.8 Å². The summed E-state index contributed by atoms with van der Waals surface area (Å²) in [5, 5.41) is 18.3. The highest BCUT2D eigenvalue weighted by molar-refractivity contribution is 6.34. The van der Waals surface area contributed by atoms with Gasteiger partial charge in [-0.1, -0.05) is 23.7 Å². The predicted octanol–water partition coefficient (Wildman–Crippen LogP) is 3.89. The summed E-state index contributed by atoms with van der Waals surface area (Å²) >= 11 is 6.24. The van der Waals surface area contributed by atoms with Crippen LogP contribution in [0.2, 0.25) is 5.02 Å². The zero-order chi connectivity index (χ0) is 22.5. The van der Waals surface area contributed by atoms with E-state index in [0.717, 1.165) is 0 Å². The molecule has 0 atom stereocenters. The number of ketones is 1. The molecular weight excluding hydrogens is 422 g/mol. The third-order valence-corrected chi connectivity index (χ3v) is 4.65. The van der Waals surface area contributed by atoms with Gasteiger partial charge in [-0.05, 0) is 30.3 Å². The van der Waals surface area contributed by atoms with Crippen LogP contribution in [-0.2, 0) is 4.79 Å². The number of halogens is 1. The number of hydrogen-bond acceptors (Lipinski definition) is 5. The quantitative estimate of drug-likeness (QED) is 0.378. The molecular formula is C21H20ClN5O4. The lowest BCUT2D eigenvalue weighted by Crippen LogP contribution is -2.19. The van der Waals surface area contributed by atoms with Gasteiger partial charge >= 0.3 is 6.09 Å². The molecule has 0 fully saturated rings. The highest BCUT2D eigenvalue weighted by atomic mass is 35.5. The van der Waals surface area contributed by atoms with Crippen LogP contribution in [0, 0.1) is 0 Å². The Balaban J connectivity index is 1.77. The van der Waals surface area contributed by atoms with E-state index in [1.54, 1.807) is 66.4 Å². The van der Waals surface area contributed by atoms with E-state index in [0.29, 0.717) is 22.0 Å². The van der Waals surface area contributed by atoms with E-state index in [9.17, 15) is 14.4 Å². The van der Waals surface area contributed by atoms with Crippen LogP contribution in [0.4, 0.5) is 21.9 Å². The first kappa shape index (κ1) is 21.8. The highest BCUT2D eigenvalue weighted by Crippen LogP contribution is 2.34. The monoisotopic (exact) mass is 441 g/mol. The molecule has 3 rings (SSSR count). The Kier molecular flexibility index (Phi) is 6.56. The topological polar surface area (TPSA) is 117 Å². The summed E-state index contributed by atoms with van der Waals surface area (Å²) in [6.45, 7) is 0. The van der Waals surface area contributed by atoms with E-state index in [2.05, 4.69) is 15.7 Å². The molecule has 0 spiro atoms. The maximum Gasteiger partial charge on any atom is 0.409 e. The van der Waals surface area contributed by atoms with Gasteiger partial charge in [0.25, 0.3) is 0 Å². The first-order valence-corrected chi connectivity index (χ1v) is 9.56. The summed E-state index contributed by atoms with van der Waals surface area (Å²) in [7, 11) is 3.50. The molecule has 2 aromatic carbocycles. The minimum Gasteiger partial charge on any atom is -0.465 e.